The number of carbonyl (C=O) groups is 1. The van der Waals surface area contributed by atoms with Gasteiger partial charge in [0.15, 0.2) is 0 Å². The van der Waals surface area contributed by atoms with Crippen LogP contribution in [0.2, 0.25) is 0 Å². The number of hydrogen-bond donors (Lipinski definition) is 2. The minimum absolute atomic E-state index is 0.150. The van der Waals surface area contributed by atoms with E-state index in [-0.39, 0.29) is 11.8 Å². The van der Waals surface area contributed by atoms with Crippen LogP contribution in [0.5, 0.6) is 0 Å². The molecule has 2 N–H and O–H groups in total. The first-order valence-electron chi connectivity index (χ1n) is 7.38. The maximum Gasteiger partial charge on any atom is 0.224 e. The number of carbonyl (C=O) groups excluding carboxylic acids is 1. The van der Waals surface area contributed by atoms with Crippen molar-refractivity contribution in [2.45, 2.75) is 19.4 Å². The first-order valence-corrected chi connectivity index (χ1v) is 7.38. The van der Waals surface area contributed by atoms with Crippen LogP contribution in [-0.4, -0.2) is 33.4 Å². The first kappa shape index (κ1) is 12.8. The SMILES string of the molecule is CC(C)(NC(=O)C1[C@H]2CNC[C@@H]12)c1ncc2ccncn12. The predicted octanol–water partition coefficient (Wildman–Crippen LogP) is 0.546. The predicted molar refractivity (Wildman–Crippen MR) is 77.5 cm³/mol. The minimum Gasteiger partial charge on any atom is -0.344 e. The van der Waals surface area contributed by atoms with Crippen molar-refractivity contribution in [1.29, 1.82) is 0 Å². The van der Waals surface area contributed by atoms with Crippen molar-refractivity contribution in [3.63, 3.8) is 0 Å². The molecule has 0 aromatic carbocycles. The number of fused-ring (bicyclic) bond motifs is 2. The lowest BCUT2D eigenvalue weighted by molar-refractivity contribution is -0.124. The third-order valence-corrected chi connectivity index (χ3v) is 4.73. The number of imidazole rings is 1. The van der Waals surface area contributed by atoms with Crippen molar-refractivity contribution < 1.29 is 4.79 Å². The quantitative estimate of drug-likeness (QED) is 0.864. The fourth-order valence-electron chi connectivity index (χ4n) is 3.56. The Morgan fingerprint density at radius 2 is 2.19 bits per heavy atom. The van der Waals surface area contributed by atoms with Crippen LogP contribution in [0.15, 0.2) is 24.8 Å². The van der Waals surface area contributed by atoms with Crippen molar-refractivity contribution in [3.8, 4) is 0 Å². The van der Waals surface area contributed by atoms with Crippen molar-refractivity contribution in [1.82, 2.24) is 25.0 Å². The summed E-state index contributed by atoms with van der Waals surface area (Å²) < 4.78 is 1.93. The van der Waals surface area contributed by atoms with E-state index in [1.807, 2.05) is 24.3 Å². The molecule has 0 radical (unpaired) electrons. The summed E-state index contributed by atoms with van der Waals surface area (Å²) in [6, 6.07) is 1.91. The van der Waals surface area contributed by atoms with E-state index in [9.17, 15) is 4.79 Å². The molecule has 6 heteroatoms. The molecule has 2 aliphatic rings. The van der Waals surface area contributed by atoms with Crippen LogP contribution in [0.4, 0.5) is 0 Å². The summed E-state index contributed by atoms with van der Waals surface area (Å²) in [4.78, 5) is 21.1. The summed E-state index contributed by atoms with van der Waals surface area (Å²) in [7, 11) is 0. The molecule has 1 aliphatic carbocycles. The van der Waals surface area contributed by atoms with E-state index in [2.05, 4.69) is 20.6 Å². The fraction of sp³-hybridized carbons (Fsp3) is 0.533. The van der Waals surface area contributed by atoms with Gasteiger partial charge in [0.1, 0.15) is 12.2 Å². The molecule has 3 atom stereocenters. The molecule has 2 aromatic rings. The van der Waals surface area contributed by atoms with Gasteiger partial charge in [0.2, 0.25) is 5.91 Å². The van der Waals surface area contributed by atoms with E-state index < -0.39 is 5.54 Å². The van der Waals surface area contributed by atoms with Crippen molar-refractivity contribution in [2.75, 3.05) is 13.1 Å². The molecule has 21 heavy (non-hydrogen) atoms. The monoisotopic (exact) mass is 285 g/mol. The number of piperidine rings is 1. The Hall–Kier alpha value is -1.95. The van der Waals surface area contributed by atoms with Gasteiger partial charge in [0.25, 0.3) is 0 Å². The summed E-state index contributed by atoms with van der Waals surface area (Å²) in [6.45, 7) is 5.92. The number of nitrogens with one attached hydrogen (secondary N) is 2. The number of hydrogen-bond acceptors (Lipinski definition) is 4. The molecule has 110 valence electrons. The smallest absolute Gasteiger partial charge is 0.224 e. The number of amides is 1. The van der Waals surface area contributed by atoms with Gasteiger partial charge < -0.3 is 10.6 Å². The second kappa shape index (κ2) is 4.27. The Kier molecular flexibility index (Phi) is 2.60. The molecule has 0 spiro atoms. The van der Waals surface area contributed by atoms with Gasteiger partial charge in [0.05, 0.1) is 17.3 Å². The highest BCUT2D eigenvalue weighted by molar-refractivity contribution is 5.83. The zero-order chi connectivity index (χ0) is 14.6. The van der Waals surface area contributed by atoms with Gasteiger partial charge in [0, 0.05) is 12.1 Å². The Morgan fingerprint density at radius 1 is 1.43 bits per heavy atom. The molecule has 1 saturated carbocycles. The largest absolute Gasteiger partial charge is 0.344 e. The molecular weight excluding hydrogens is 266 g/mol. The highest BCUT2D eigenvalue weighted by Gasteiger charge is 2.57. The zero-order valence-corrected chi connectivity index (χ0v) is 12.2. The second-order valence-corrected chi connectivity index (χ2v) is 6.58. The Morgan fingerprint density at radius 3 is 2.95 bits per heavy atom. The lowest BCUT2D eigenvalue weighted by Crippen LogP contribution is -2.44. The third kappa shape index (κ3) is 1.93. The van der Waals surface area contributed by atoms with Crippen LogP contribution < -0.4 is 10.6 Å². The van der Waals surface area contributed by atoms with Gasteiger partial charge in [-0.3, -0.25) is 9.20 Å². The molecular formula is C15H19N5O. The minimum atomic E-state index is -0.517. The van der Waals surface area contributed by atoms with Crippen LogP contribution >= 0.6 is 0 Å². The van der Waals surface area contributed by atoms with Crippen LogP contribution in [0, 0.1) is 17.8 Å². The Bertz CT molecular complexity index is 697. The third-order valence-electron chi connectivity index (χ3n) is 4.73. The second-order valence-electron chi connectivity index (χ2n) is 6.58. The van der Waals surface area contributed by atoms with Crippen molar-refractivity contribution >= 4 is 11.4 Å². The maximum absolute atomic E-state index is 12.5. The summed E-state index contributed by atoms with van der Waals surface area (Å²) in [5.41, 5.74) is 0.464. The fourth-order valence-corrected chi connectivity index (χ4v) is 3.56. The first-order chi connectivity index (χ1) is 10.1. The number of rotatable bonds is 3. The van der Waals surface area contributed by atoms with Gasteiger partial charge >= 0.3 is 0 Å². The van der Waals surface area contributed by atoms with E-state index in [4.69, 9.17) is 0 Å². The molecule has 2 aromatic heterocycles. The van der Waals surface area contributed by atoms with Gasteiger partial charge in [-0.2, -0.15) is 0 Å². The van der Waals surface area contributed by atoms with E-state index in [0.717, 1.165) is 24.4 Å². The van der Waals surface area contributed by atoms with E-state index in [0.29, 0.717) is 11.8 Å². The topological polar surface area (TPSA) is 71.3 Å². The molecule has 6 nitrogen and oxygen atoms in total. The van der Waals surface area contributed by atoms with Crippen molar-refractivity contribution in [2.24, 2.45) is 17.8 Å². The molecule has 1 aliphatic heterocycles. The maximum atomic E-state index is 12.5. The van der Waals surface area contributed by atoms with Gasteiger partial charge in [-0.05, 0) is 44.8 Å². The summed E-state index contributed by atoms with van der Waals surface area (Å²) in [6.07, 6.45) is 5.28. The highest BCUT2D eigenvalue weighted by Crippen LogP contribution is 2.49. The van der Waals surface area contributed by atoms with E-state index in [1.165, 1.54) is 0 Å². The van der Waals surface area contributed by atoms with Crippen molar-refractivity contribution in [3.05, 3.63) is 30.6 Å². The van der Waals surface area contributed by atoms with Crippen LogP contribution in [0.3, 0.4) is 0 Å². The standard InChI is InChI=1S/C15H19N5O/c1-15(2,14-18-5-9-3-4-16-8-20(9)14)19-13(21)12-10-6-17-7-11(10)12/h3-5,8,10-12,17H,6-7H2,1-2H3,(H,19,21)/t10-,11+,12?. The summed E-state index contributed by atoms with van der Waals surface area (Å²) in [5, 5.41) is 6.48. The van der Waals surface area contributed by atoms with Crippen LogP contribution in [-0.2, 0) is 10.3 Å². The van der Waals surface area contributed by atoms with E-state index in [1.54, 1.807) is 18.7 Å². The lowest BCUT2D eigenvalue weighted by atomic mass is 10.0. The van der Waals surface area contributed by atoms with Crippen LogP contribution in [0.25, 0.3) is 5.52 Å². The number of nitrogens with zero attached hydrogens (tertiary/aromatic N) is 3. The molecule has 2 fully saturated rings. The zero-order valence-electron chi connectivity index (χ0n) is 12.2. The molecule has 1 saturated heterocycles. The average molecular weight is 285 g/mol. The van der Waals surface area contributed by atoms with Crippen LogP contribution in [0.1, 0.15) is 19.7 Å². The summed E-state index contributed by atoms with van der Waals surface area (Å²) >= 11 is 0. The highest BCUT2D eigenvalue weighted by atomic mass is 16.2. The Balaban J connectivity index is 1.57. The average Bonchev–Trinajstić information content (AvgIpc) is 2.82. The molecule has 0 bridgehead atoms. The van der Waals surface area contributed by atoms with Gasteiger partial charge in [-0.1, -0.05) is 0 Å². The van der Waals surface area contributed by atoms with Gasteiger partial charge in [-0.25, -0.2) is 9.97 Å². The summed E-state index contributed by atoms with van der Waals surface area (Å²) in [5.74, 6) is 2.19. The lowest BCUT2D eigenvalue weighted by Gasteiger charge is -2.25. The normalized spacial score (nSPS) is 27.6. The molecule has 3 heterocycles. The molecule has 1 amide bonds. The van der Waals surface area contributed by atoms with Gasteiger partial charge in [-0.15, -0.1) is 0 Å². The Labute approximate surface area is 123 Å². The number of aromatic nitrogens is 3. The molecule has 4 rings (SSSR count). The molecule has 1 unspecified atom stereocenters. The van der Waals surface area contributed by atoms with E-state index >= 15 is 0 Å².